The standard InChI is InChI=1S/C10H11NO2S/c1-5-3-7(12)9-10(6(5)2)14-4-8(13)11-9/h3,12H,4H2,1-2H3,(H,11,13). The van der Waals surface area contributed by atoms with Crippen molar-refractivity contribution >= 4 is 23.4 Å². The van der Waals surface area contributed by atoms with Crippen molar-refractivity contribution in [2.24, 2.45) is 0 Å². The van der Waals surface area contributed by atoms with Gasteiger partial charge in [0.25, 0.3) is 0 Å². The van der Waals surface area contributed by atoms with Crippen molar-refractivity contribution in [3.05, 3.63) is 17.2 Å². The van der Waals surface area contributed by atoms with Crippen LogP contribution in [0.5, 0.6) is 5.75 Å². The first-order valence-corrected chi connectivity index (χ1v) is 5.34. The highest BCUT2D eigenvalue weighted by atomic mass is 32.2. The van der Waals surface area contributed by atoms with Gasteiger partial charge in [0, 0.05) is 4.90 Å². The molecule has 1 aliphatic heterocycles. The number of phenols is 1. The van der Waals surface area contributed by atoms with Gasteiger partial charge in [0.15, 0.2) is 0 Å². The summed E-state index contributed by atoms with van der Waals surface area (Å²) in [5, 5.41) is 12.3. The summed E-state index contributed by atoms with van der Waals surface area (Å²) in [5.74, 6) is 0.529. The normalized spacial score (nSPS) is 14.9. The van der Waals surface area contributed by atoms with E-state index in [1.165, 1.54) is 11.8 Å². The first kappa shape index (κ1) is 9.40. The van der Waals surface area contributed by atoms with E-state index >= 15 is 0 Å². The van der Waals surface area contributed by atoms with Crippen LogP contribution in [0.15, 0.2) is 11.0 Å². The number of phenolic OH excluding ortho intramolecular Hbond substituents is 1. The van der Waals surface area contributed by atoms with E-state index in [4.69, 9.17) is 0 Å². The Bertz CT molecular complexity index is 415. The van der Waals surface area contributed by atoms with Crippen molar-refractivity contribution in [2.45, 2.75) is 18.7 Å². The van der Waals surface area contributed by atoms with Crippen LogP contribution >= 0.6 is 11.8 Å². The fraction of sp³-hybridized carbons (Fsp3) is 0.300. The number of aromatic hydroxyl groups is 1. The van der Waals surface area contributed by atoms with E-state index in [-0.39, 0.29) is 11.7 Å². The molecule has 1 heterocycles. The van der Waals surface area contributed by atoms with Crippen LogP contribution in [0.25, 0.3) is 0 Å². The lowest BCUT2D eigenvalue weighted by Gasteiger charge is -2.20. The summed E-state index contributed by atoms with van der Waals surface area (Å²) in [4.78, 5) is 12.1. The average Bonchev–Trinajstić information content (AvgIpc) is 2.14. The van der Waals surface area contributed by atoms with Gasteiger partial charge in [-0.1, -0.05) is 0 Å². The number of aryl methyl sites for hydroxylation is 1. The molecule has 0 spiro atoms. The monoisotopic (exact) mass is 209 g/mol. The average molecular weight is 209 g/mol. The molecule has 0 radical (unpaired) electrons. The molecule has 0 aliphatic carbocycles. The van der Waals surface area contributed by atoms with E-state index in [1.54, 1.807) is 6.07 Å². The summed E-state index contributed by atoms with van der Waals surface area (Å²) in [7, 11) is 0. The van der Waals surface area contributed by atoms with Crippen molar-refractivity contribution in [1.29, 1.82) is 0 Å². The van der Waals surface area contributed by atoms with E-state index in [0.717, 1.165) is 16.0 Å². The smallest absolute Gasteiger partial charge is 0.234 e. The van der Waals surface area contributed by atoms with E-state index in [0.29, 0.717) is 11.4 Å². The van der Waals surface area contributed by atoms with Crippen LogP contribution < -0.4 is 5.32 Å². The van der Waals surface area contributed by atoms with Crippen molar-refractivity contribution < 1.29 is 9.90 Å². The van der Waals surface area contributed by atoms with Crippen LogP contribution in [0.3, 0.4) is 0 Å². The van der Waals surface area contributed by atoms with E-state index < -0.39 is 0 Å². The highest BCUT2D eigenvalue weighted by Gasteiger charge is 2.21. The number of carbonyl (C=O) groups excluding carboxylic acids is 1. The fourth-order valence-corrected chi connectivity index (χ4v) is 2.51. The van der Waals surface area contributed by atoms with E-state index in [1.807, 2.05) is 13.8 Å². The summed E-state index contributed by atoms with van der Waals surface area (Å²) < 4.78 is 0. The highest BCUT2D eigenvalue weighted by molar-refractivity contribution is 8.00. The summed E-state index contributed by atoms with van der Waals surface area (Å²) in [5.41, 5.74) is 2.74. The maximum Gasteiger partial charge on any atom is 0.234 e. The minimum atomic E-state index is -0.0546. The molecule has 1 aromatic rings. The third kappa shape index (κ3) is 1.35. The predicted molar refractivity (Wildman–Crippen MR) is 56.9 cm³/mol. The Kier molecular flexibility index (Phi) is 2.15. The molecule has 2 rings (SSSR count). The van der Waals surface area contributed by atoms with Crippen LogP contribution in [0.2, 0.25) is 0 Å². The lowest BCUT2D eigenvalue weighted by molar-refractivity contribution is -0.113. The molecule has 14 heavy (non-hydrogen) atoms. The summed E-state index contributed by atoms with van der Waals surface area (Å²) in [6.07, 6.45) is 0. The summed E-state index contributed by atoms with van der Waals surface area (Å²) in [6.45, 7) is 3.95. The molecule has 0 atom stereocenters. The van der Waals surface area contributed by atoms with Crippen LogP contribution in [0.4, 0.5) is 5.69 Å². The molecule has 4 heteroatoms. The molecule has 0 bridgehead atoms. The Balaban J connectivity index is 2.62. The SMILES string of the molecule is Cc1cc(O)c2c(c1C)SCC(=O)N2. The number of rotatable bonds is 0. The van der Waals surface area contributed by atoms with Gasteiger partial charge in [-0.2, -0.15) is 0 Å². The number of hydrogen-bond acceptors (Lipinski definition) is 3. The predicted octanol–water partition coefficient (Wildman–Crippen LogP) is 2.05. The largest absolute Gasteiger partial charge is 0.506 e. The highest BCUT2D eigenvalue weighted by Crippen LogP contribution is 2.41. The molecule has 3 nitrogen and oxygen atoms in total. The molecule has 0 fully saturated rings. The van der Waals surface area contributed by atoms with Crippen LogP contribution in [-0.4, -0.2) is 16.8 Å². The number of hydrogen-bond donors (Lipinski definition) is 2. The van der Waals surface area contributed by atoms with Gasteiger partial charge in [-0.25, -0.2) is 0 Å². The van der Waals surface area contributed by atoms with Gasteiger partial charge in [0.05, 0.1) is 11.4 Å². The fourth-order valence-electron chi connectivity index (χ4n) is 1.48. The minimum absolute atomic E-state index is 0.0546. The second kappa shape index (κ2) is 3.20. The number of carbonyl (C=O) groups is 1. The minimum Gasteiger partial charge on any atom is -0.506 e. The maximum absolute atomic E-state index is 11.1. The molecule has 0 unspecified atom stereocenters. The number of thioether (sulfide) groups is 1. The Morgan fingerprint density at radius 2 is 2.21 bits per heavy atom. The quantitative estimate of drug-likeness (QED) is 0.643. The molecule has 0 aromatic heterocycles. The van der Waals surface area contributed by atoms with Gasteiger partial charge >= 0.3 is 0 Å². The van der Waals surface area contributed by atoms with Crippen molar-refractivity contribution in [3.8, 4) is 5.75 Å². The summed E-state index contributed by atoms with van der Waals surface area (Å²) >= 11 is 1.48. The van der Waals surface area contributed by atoms with Crippen LogP contribution in [-0.2, 0) is 4.79 Å². The zero-order valence-electron chi connectivity index (χ0n) is 8.05. The molecule has 1 aliphatic rings. The van der Waals surface area contributed by atoms with Crippen LogP contribution in [0, 0.1) is 13.8 Å². The zero-order valence-corrected chi connectivity index (χ0v) is 8.86. The molecule has 2 N–H and O–H groups in total. The first-order chi connectivity index (χ1) is 6.59. The van der Waals surface area contributed by atoms with Crippen molar-refractivity contribution in [3.63, 3.8) is 0 Å². The molecule has 74 valence electrons. The lowest BCUT2D eigenvalue weighted by Crippen LogP contribution is -2.19. The number of amides is 1. The Labute approximate surface area is 86.5 Å². The van der Waals surface area contributed by atoms with Crippen molar-refractivity contribution in [1.82, 2.24) is 0 Å². The van der Waals surface area contributed by atoms with E-state index in [2.05, 4.69) is 5.32 Å². The van der Waals surface area contributed by atoms with Crippen LogP contribution in [0.1, 0.15) is 11.1 Å². The maximum atomic E-state index is 11.1. The lowest BCUT2D eigenvalue weighted by atomic mass is 10.1. The Morgan fingerprint density at radius 3 is 2.93 bits per heavy atom. The molecule has 1 amide bonds. The Morgan fingerprint density at radius 1 is 1.50 bits per heavy atom. The van der Waals surface area contributed by atoms with Gasteiger partial charge in [-0.3, -0.25) is 4.79 Å². The number of fused-ring (bicyclic) bond motifs is 1. The van der Waals surface area contributed by atoms with Crippen molar-refractivity contribution in [2.75, 3.05) is 11.1 Å². The zero-order chi connectivity index (χ0) is 10.3. The molecule has 0 saturated carbocycles. The first-order valence-electron chi connectivity index (χ1n) is 4.35. The van der Waals surface area contributed by atoms with Gasteiger partial charge in [-0.05, 0) is 31.0 Å². The second-order valence-corrected chi connectivity index (χ2v) is 4.36. The van der Waals surface area contributed by atoms with Gasteiger partial charge in [0.2, 0.25) is 5.91 Å². The Hall–Kier alpha value is -1.16. The molecular formula is C10H11NO2S. The number of nitrogens with one attached hydrogen (secondary N) is 1. The second-order valence-electron chi connectivity index (χ2n) is 3.38. The van der Waals surface area contributed by atoms with Gasteiger partial charge < -0.3 is 10.4 Å². The number of anilines is 1. The van der Waals surface area contributed by atoms with E-state index in [9.17, 15) is 9.90 Å². The topological polar surface area (TPSA) is 49.3 Å². The molecule has 0 saturated heterocycles. The van der Waals surface area contributed by atoms with Gasteiger partial charge in [-0.15, -0.1) is 11.8 Å². The van der Waals surface area contributed by atoms with Gasteiger partial charge in [0.1, 0.15) is 5.75 Å². The molecule has 1 aromatic carbocycles. The summed E-state index contributed by atoms with van der Waals surface area (Å²) in [6, 6.07) is 1.68. The third-order valence-electron chi connectivity index (χ3n) is 2.38. The third-order valence-corrected chi connectivity index (χ3v) is 3.59. The molecular weight excluding hydrogens is 198 g/mol. The number of benzene rings is 1.